The van der Waals surface area contributed by atoms with E-state index >= 15 is 0 Å². The Kier molecular flexibility index (Phi) is 2.92. The van der Waals surface area contributed by atoms with E-state index in [1.807, 2.05) is 12.1 Å². The summed E-state index contributed by atoms with van der Waals surface area (Å²) >= 11 is 0. The maximum atomic E-state index is 10.4. The predicted molar refractivity (Wildman–Crippen MR) is 57.7 cm³/mol. The van der Waals surface area contributed by atoms with Crippen molar-refractivity contribution in [1.82, 2.24) is 0 Å². The van der Waals surface area contributed by atoms with Gasteiger partial charge >= 0.3 is 0 Å². The molecule has 2 rings (SSSR count). The standard InChI is InChI=1S/C12H15NO/c14-13-12-8-4-7-11(9-12)10-5-2-1-3-6-10/h4,7-10H,1-3,5-6H2. The van der Waals surface area contributed by atoms with Gasteiger partial charge in [-0.25, -0.2) is 0 Å². The van der Waals surface area contributed by atoms with Gasteiger partial charge in [0.1, 0.15) is 5.69 Å². The minimum Gasteiger partial charge on any atom is -0.145 e. The van der Waals surface area contributed by atoms with Gasteiger partial charge in [-0.1, -0.05) is 31.4 Å². The van der Waals surface area contributed by atoms with E-state index in [1.54, 1.807) is 6.07 Å². The first kappa shape index (κ1) is 9.38. The lowest BCUT2D eigenvalue weighted by molar-refractivity contribution is 0.443. The predicted octanol–water partition coefficient (Wildman–Crippen LogP) is 4.13. The molecular weight excluding hydrogens is 174 g/mol. The Balaban J connectivity index is 2.17. The van der Waals surface area contributed by atoms with Gasteiger partial charge in [-0.05, 0) is 41.6 Å². The summed E-state index contributed by atoms with van der Waals surface area (Å²) in [5, 5.41) is 2.98. The first-order valence-corrected chi connectivity index (χ1v) is 5.33. The van der Waals surface area contributed by atoms with Crippen molar-refractivity contribution in [2.75, 3.05) is 0 Å². The molecule has 0 aromatic heterocycles. The second kappa shape index (κ2) is 4.36. The van der Waals surface area contributed by atoms with E-state index in [4.69, 9.17) is 0 Å². The van der Waals surface area contributed by atoms with Crippen molar-refractivity contribution in [3.8, 4) is 0 Å². The molecule has 0 radical (unpaired) electrons. The molecule has 14 heavy (non-hydrogen) atoms. The Morgan fingerprint density at radius 3 is 2.64 bits per heavy atom. The van der Waals surface area contributed by atoms with Gasteiger partial charge in [0.05, 0.1) is 0 Å². The summed E-state index contributed by atoms with van der Waals surface area (Å²) in [6, 6.07) is 7.74. The third kappa shape index (κ3) is 2.00. The van der Waals surface area contributed by atoms with Crippen LogP contribution in [0.1, 0.15) is 43.6 Å². The van der Waals surface area contributed by atoms with Gasteiger partial charge < -0.3 is 0 Å². The molecule has 1 aliphatic carbocycles. The first-order chi connectivity index (χ1) is 6.90. The Labute approximate surface area is 84.3 Å². The van der Waals surface area contributed by atoms with Crippen LogP contribution >= 0.6 is 0 Å². The SMILES string of the molecule is O=Nc1cccc(C2CCCCC2)c1. The molecule has 1 saturated carbocycles. The van der Waals surface area contributed by atoms with Gasteiger partial charge in [0.15, 0.2) is 0 Å². The van der Waals surface area contributed by atoms with Crippen LogP contribution in [-0.2, 0) is 0 Å². The zero-order chi connectivity index (χ0) is 9.80. The van der Waals surface area contributed by atoms with Crippen LogP contribution in [0.15, 0.2) is 29.4 Å². The van der Waals surface area contributed by atoms with Crippen LogP contribution in [0.4, 0.5) is 5.69 Å². The molecule has 2 nitrogen and oxygen atoms in total. The van der Waals surface area contributed by atoms with Crippen molar-refractivity contribution < 1.29 is 0 Å². The molecule has 0 aliphatic heterocycles. The fourth-order valence-electron chi connectivity index (χ4n) is 2.27. The van der Waals surface area contributed by atoms with Crippen LogP contribution in [-0.4, -0.2) is 0 Å². The number of benzene rings is 1. The van der Waals surface area contributed by atoms with E-state index in [-0.39, 0.29) is 0 Å². The van der Waals surface area contributed by atoms with Gasteiger partial charge in [0.2, 0.25) is 0 Å². The van der Waals surface area contributed by atoms with Gasteiger partial charge in [0, 0.05) is 0 Å². The molecule has 0 heterocycles. The molecule has 0 atom stereocenters. The van der Waals surface area contributed by atoms with Crippen LogP contribution in [0.25, 0.3) is 0 Å². The van der Waals surface area contributed by atoms with Gasteiger partial charge in [-0.2, -0.15) is 0 Å². The summed E-state index contributed by atoms with van der Waals surface area (Å²) in [5.74, 6) is 0.658. The van der Waals surface area contributed by atoms with E-state index in [2.05, 4.69) is 11.2 Å². The second-order valence-electron chi connectivity index (χ2n) is 4.02. The molecule has 0 spiro atoms. The zero-order valence-electron chi connectivity index (χ0n) is 8.28. The lowest BCUT2D eigenvalue weighted by Gasteiger charge is -2.21. The lowest BCUT2D eigenvalue weighted by Crippen LogP contribution is -2.03. The zero-order valence-corrected chi connectivity index (χ0v) is 8.28. The highest BCUT2D eigenvalue weighted by atomic mass is 16.3. The normalized spacial score (nSPS) is 18.0. The number of hydrogen-bond donors (Lipinski definition) is 0. The Morgan fingerprint density at radius 1 is 1.14 bits per heavy atom. The Bertz CT molecular complexity index is 316. The quantitative estimate of drug-likeness (QED) is 0.643. The topological polar surface area (TPSA) is 29.4 Å². The molecule has 0 bridgehead atoms. The van der Waals surface area contributed by atoms with Crippen molar-refractivity contribution in [3.05, 3.63) is 34.7 Å². The fourth-order valence-corrected chi connectivity index (χ4v) is 2.27. The number of nitrogens with zero attached hydrogens (tertiary/aromatic N) is 1. The molecule has 1 aromatic rings. The van der Waals surface area contributed by atoms with Gasteiger partial charge in [0.25, 0.3) is 0 Å². The minimum atomic E-state index is 0.563. The van der Waals surface area contributed by atoms with Crippen LogP contribution in [0, 0.1) is 4.91 Å². The third-order valence-electron chi connectivity index (χ3n) is 3.05. The summed E-state index contributed by atoms with van der Waals surface area (Å²) in [7, 11) is 0. The molecule has 74 valence electrons. The molecule has 2 heteroatoms. The average molecular weight is 189 g/mol. The molecule has 1 aliphatic rings. The summed E-state index contributed by atoms with van der Waals surface area (Å²) in [6.45, 7) is 0. The third-order valence-corrected chi connectivity index (χ3v) is 3.05. The smallest absolute Gasteiger partial charge is 0.108 e. The molecule has 0 N–H and O–H groups in total. The van der Waals surface area contributed by atoms with Crippen LogP contribution in [0.5, 0.6) is 0 Å². The van der Waals surface area contributed by atoms with Gasteiger partial charge in [-0.15, -0.1) is 4.91 Å². The largest absolute Gasteiger partial charge is 0.145 e. The second-order valence-corrected chi connectivity index (χ2v) is 4.02. The summed E-state index contributed by atoms with van der Waals surface area (Å²) in [6.07, 6.45) is 6.54. The number of hydrogen-bond acceptors (Lipinski definition) is 2. The van der Waals surface area contributed by atoms with Crippen LogP contribution in [0.2, 0.25) is 0 Å². The lowest BCUT2D eigenvalue weighted by atomic mass is 9.84. The van der Waals surface area contributed by atoms with E-state index < -0.39 is 0 Å². The first-order valence-electron chi connectivity index (χ1n) is 5.33. The molecular formula is C12H15NO. The van der Waals surface area contributed by atoms with E-state index in [9.17, 15) is 4.91 Å². The molecule has 0 saturated heterocycles. The number of nitroso groups, excluding NO2 is 1. The van der Waals surface area contributed by atoms with Crippen molar-refractivity contribution in [2.24, 2.45) is 5.18 Å². The maximum absolute atomic E-state index is 10.4. The highest BCUT2D eigenvalue weighted by molar-refractivity contribution is 5.41. The van der Waals surface area contributed by atoms with Crippen molar-refractivity contribution in [2.45, 2.75) is 38.0 Å². The molecule has 1 fully saturated rings. The van der Waals surface area contributed by atoms with Crippen molar-refractivity contribution in [3.63, 3.8) is 0 Å². The maximum Gasteiger partial charge on any atom is 0.108 e. The highest BCUT2D eigenvalue weighted by Crippen LogP contribution is 2.33. The monoisotopic (exact) mass is 189 g/mol. The van der Waals surface area contributed by atoms with Crippen molar-refractivity contribution >= 4 is 5.69 Å². The van der Waals surface area contributed by atoms with Crippen molar-refractivity contribution in [1.29, 1.82) is 0 Å². The molecule has 0 unspecified atom stereocenters. The summed E-state index contributed by atoms with van der Waals surface area (Å²) in [4.78, 5) is 10.4. The average Bonchev–Trinajstić information content (AvgIpc) is 2.30. The molecule has 0 amide bonds. The van der Waals surface area contributed by atoms with E-state index in [0.29, 0.717) is 11.6 Å². The summed E-state index contributed by atoms with van der Waals surface area (Å²) < 4.78 is 0. The minimum absolute atomic E-state index is 0.563. The highest BCUT2D eigenvalue weighted by Gasteiger charge is 2.15. The summed E-state index contributed by atoms with van der Waals surface area (Å²) in [5.41, 5.74) is 1.86. The van der Waals surface area contributed by atoms with E-state index in [1.165, 1.54) is 37.7 Å². The number of rotatable bonds is 2. The molecule has 1 aromatic carbocycles. The van der Waals surface area contributed by atoms with E-state index in [0.717, 1.165) is 0 Å². The van der Waals surface area contributed by atoms with Crippen LogP contribution < -0.4 is 0 Å². The van der Waals surface area contributed by atoms with Gasteiger partial charge in [-0.3, -0.25) is 0 Å². The Morgan fingerprint density at radius 2 is 1.93 bits per heavy atom. The van der Waals surface area contributed by atoms with Crippen LogP contribution in [0.3, 0.4) is 0 Å². The fraction of sp³-hybridized carbons (Fsp3) is 0.500. The Hall–Kier alpha value is -1.18.